The van der Waals surface area contributed by atoms with Gasteiger partial charge in [0.15, 0.2) is 11.5 Å². The van der Waals surface area contributed by atoms with E-state index >= 15 is 0 Å². The van der Waals surface area contributed by atoms with Crippen LogP contribution in [0, 0.1) is 12.7 Å². The Morgan fingerprint density at radius 1 is 1.12 bits per heavy atom. The van der Waals surface area contributed by atoms with Crippen molar-refractivity contribution in [2.24, 2.45) is 0 Å². The zero-order valence-electron chi connectivity index (χ0n) is 21.3. The lowest BCUT2D eigenvalue weighted by atomic mass is 9.79. The molecule has 210 valence electrons. The molecule has 14 heteroatoms. The van der Waals surface area contributed by atoms with Crippen LogP contribution in [-0.2, 0) is 4.79 Å². The first-order valence-corrected chi connectivity index (χ1v) is 12.5. The summed E-state index contributed by atoms with van der Waals surface area (Å²) in [5, 5.41) is 22.7. The fraction of sp³-hybridized carbons (Fsp3) is 0.346. The van der Waals surface area contributed by atoms with Crippen molar-refractivity contribution < 1.29 is 32.3 Å². The minimum absolute atomic E-state index is 0.228. The standard InChI is InChI=1S/C24H24FN7O.C2HF3O2/c1-15-13-32-14-16(12-19(25)22(32)28-15)29-23(33)18-2-3-20(17-4-8-27-30-21(17)18)31-10-6-24(7-11-31)5-9-26-24;3-2(4,5)1(6)7/h2-4,8,12-14,26H,5-7,9-11H2,1H3,(H,29,33);(H,6,7). The summed E-state index contributed by atoms with van der Waals surface area (Å²) in [6, 6.07) is 6.94. The Morgan fingerprint density at radius 3 is 2.45 bits per heavy atom. The molecule has 1 amide bonds. The lowest BCUT2D eigenvalue weighted by Crippen LogP contribution is -2.61. The highest BCUT2D eigenvalue weighted by molar-refractivity contribution is 6.13. The third kappa shape index (κ3) is 5.39. The van der Waals surface area contributed by atoms with Gasteiger partial charge in [-0.1, -0.05) is 0 Å². The Bertz CT molecular complexity index is 1590. The van der Waals surface area contributed by atoms with Gasteiger partial charge in [-0.3, -0.25) is 4.79 Å². The predicted octanol–water partition coefficient (Wildman–Crippen LogP) is 3.94. The summed E-state index contributed by atoms with van der Waals surface area (Å²) in [4.78, 5) is 28.6. The Hall–Kier alpha value is -4.33. The molecule has 0 bridgehead atoms. The van der Waals surface area contributed by atoms with Crippen LogP contribution in [0.5, 0.6) is 0 Å². The number of aromatic nitrogens is 4. The first-order valence-electron chi connectivity index (χ1n) is 12.5. The van der Waals surface area contributed by atoms with E-state index in [0.29, 0.717) is 28.0 Å². The molecule has 3 aromatic heterocycles. The molecule has 6 rings (SSSR count). The third-order valence-corrected chi connectivity index (χ3v) is 7.20. The number of imidazole rings is 1. The molecule has 5 heterocycles. The minimum Gasteiger partial charge on any atom is -0.475 e. The van der Waals surface area contributed by atoms with E-state index in [-0.39, 0.29) is 11.6 Å². The average molecular weight is 560 g/mol. The summed E-state index contributed by atoms with van der Waals surface area (Å²) < 4.78 is 47.7. The first-order chi connectivity index (χ1) is 19.0. The summed E-state index contributed by atoms with van der Waals surface area (Å²) in [5.74, 6) is -3.61. The molecule has 0 aliphatic carbocycles. The number of hydrogen-bond acceptors (Lipinski definition) is 7. The van der Waals surface area contributed by atoms with Gasteiger partial charge in [0.05, 0.1) is 23.1 Å². The van der Waals surface area contributed by atoms with Crippen LogP contribution in [0.15, 0.2) is 42.9 Å². The molecule has 4 aromatic rings. The summed E-state index contributed by atoms with van der Waals surface area (Å²) in [5.41, 5.74) is 3.59. The number of nitrogens with zero attached hydrogens (tertiary/aromatic N) is 5. The predicted molar refractivity (Wildman–Crippen MR) is 138 cm³/mol. The number of carbonyl (C=O) groups excluding carboxylic acids is 1. The fourth-order valence-corrected chi connectivity index (χ4v) is 5.05. The number of rotatable bonds is 3. The normalized spacial score (nSPS) is 16.4. The van der Waals surface area contributed by atoms with Crippen LogP contribution in [0.1, 0.15) is 35.3 Å². The number of hydrogen-bond donors (Lipinski definition) is 3. The molecule has 1 aromatic carbocycles. The van der Waals surface area contributed by atoms with Crippen LogP contribution in [0.3, 0.4) is 0 Å². The highest BCUT2D eigenvalue weighted by Gasteiger charge is 2.39. The number of anilines is 2. The Morgan fingerprint density at radius 2 is 1.82 bits per heavy atom. The van der Waals surface area contributed by atoms with Crippen LogP contribution >= 0.6 is 0 Å². The van der Waals surface area contributed by atoms with Gasteiger partial charge in [0.1, 0.15) is 5.52 Å². The number of halogens is 4. The largest absolute Gasteiger partial charge is 0.490 e. The molecule has 3 N–H and O–H groups in total. The number of nitrogens with one attached hydrogen (secondary N) is 2. The maximum Gasteiger partial charge on any atom is 0.490 e. The number of carboxylic acids is 1. The number of alkyl halides is 3. The number of aryl methyl sites for hydroxylation is 1. The lowest BCUT2D eigenvalue weighted by molar-refractivity contribution is -0.192. The molecule has 2 saturated heterocycles. The van der Waals surface area contributed by atoms with Gasteiger partial charge in [-0.15, -0.1) is 5.10 Å². The number of amides is 1. The molecule has 10 nitrogen and oxygen atoms in total. The van der Waals surface area contributed by atoms with Crippen LogP contribution in [-0.4, -0.2) is 67.9 Å². The van der Waals surface area contributed by atoms with Gasteiger partial charge in [0, 0.05) is 48.2 Å². The Labute approximate surface area is 225 Å². The maximum absolute atomic E-state index is 14.4. The molecule has 40 heavy (non-hydrogen) atoms. The topological polar surface area (TPSA) is 125 Å². The summed E-state index contributed by atoms with van der Waals surface area (Å²) in [6.45, 7) is 4.82. The molecule has 2 aliphatic heterocycles. The van der Waals surface area contributed by atoms with Gasteiger partial charge in [0.25, 0.3) is 5.91 Å². The Balaban J connectivity index is 0.000000411. The third-order valence-electron chi connectivity index (χ3n) is 7.20. The second kappa shape index (κ2) is 10.3. The molecular weight excluding hydrogens is 534 g/mol. The van der Waals surface area contributed by atoms with E-state index in [2.05, 4.69) is 30.7 Å². The van der Waals surface area contributed by atoms with E-state index in [1.54, 1.807) is 36.0 Å². The van der Waals surface area contributed by atoms with Gasteiger partial charge in [0.2, 0.25) is 0 Å². The minimum atomic E-state index is -5.08. The van der Waals surface area contributed by atoms with Gasteiger partial charge in [-0.2, -0.15) is 18.3 Å². The number of carboxylic acid groups (broad SMARTS) is 1. The molecule has 1 spiro atoms. The van der Waals surface area contributed by atoms with Crippen molar-refractivity contribution in [2.75, 3.05) is 29.9 Å². The highest BCUT2D eigenvalue weighted by Crippen LogP contribution is 2.36. The van der Waals surface area contributed by atoms with Gasteiger partial charge < -0.3 is 25.0 Å². The smallest absolute Gasteiger partial charge is 0.475 e. The molecular formula is C26H25F4N7O3. The molecule has 0 atom stereocenters. The van der Waals surface area contributed by atoms with Crippen molar-refractivity contribution in [3.63, 3.8) is 0 Å². The van der Waals surface area contributed by atoms with Crippen LogP contribution in [0.2, 0.25) is 0 Å². The molecule has 0 unspecified atom stereocenters. The van der Waals surface area contributed by atoms with Crippen LogP contribution in [0.4, 0.5) is 28.9 Å². The van der Waals surface area contributed by atoms with E-state index in [1.807, 2.05) is 12.1 Å². The second-order valence-corrected chi connectivity index (χ2v) is 9.82. The van der Waals surface area contributed by atoms with E-state index in [9.17, 15) is 22.4 Å². The van der Waals surface area contributed by atoms with Gasteiger partial charge in [-0.25, -0.2) is 14.2 Å². The number of piperidine rings is 1. The number of benzene rings is 1. The summed E-state index contributed by atoms with van der Waals surface area (Å²) in [6.07, 6.45) is 3.39. The van der Waals surface area contributed by atoms with E-state index in [1.165, 1.54) is 12.5 Å². The molecule has 2 aliphatic rings. The summed E-state index contributed by atoms with van der Waals surface area (Å²) >= 11 is 0. The van der Waals surface area contributed by atoms with Crippen molar-refractivity contribution in [2.45, 2.75) is 37.9 Å². The quantitative estimate of drug-likeness (QED) is 0.323. The summed E-state index contributed by atoms with van der Waals surface area (Å²) in [7, 11) is 0. The highest BCUT2D eigenvalue weighted by atomic mass is 19.4. The van der Waals surface area contributed by atoms with E-state index in [4.69, 9.17) is 9.90 Å². The Kier molecular flexibility index (Phi) is 7.04. The number of fused-ring (bicyclic) bond motifs is 2. The van der Waals surface area contributed by atoms with Crippen molar-refractivity contribution >= 4 is 39.8 Å². The number of pyridine rings is 1. The van der Waals surface area contributed by atoms with Gasteiger partial charge in [-0.05, 0) is 50.9 Å². The lowest BCUT2D eigenvalue weighted by Gasteiger charge is -2.49. The molecule has 2 fully saturated rings. The first kappa shape index (κ1) is 27.2. The van der Waals surface area contributed by atoms with Crippen molar-refractivity contribution in [3.8, 4) is 0 Å². The zero-order chi connectivity index (χ0) is 28.7. The number of aliphatic carboxylic acids is 1. The monoisotopic (exact) mass is 559 g/mol. The maximum atomic E-state index is 14.4. The van der Waals surface area contributed by atoms with Crippen LogP contribution < -0.4 is 15.5 Å². The number of carbonyl (C=O) groups is 2. The SMILES string of the molecule is Cc1cn2cc(NC(=O)c3ccc(N4CCC5(CCN5)CC4)c4ccnnc34)cc(F)c2n1.O=C(O)C(F)(F)F. The molecule has 0 saturated carbocycles. The molecule has 0 radical (unpaired) electrons. The van der Waals surface area contributed by atoms with E-state index in [0.717, 1.165) is 43.5 Å². The van der Waals surface area contributed by atoms with Crippen molar-refractivity contribution in [1.29, 1.82) is 0 Å². The van der Waals surface area contributed by atoms with Gasteiger partial charge >= 0.3 is 12.1 Å². The fourth-order valence-electron chi connectivity index (χ4n) is 5.05. The van der Waals surface area contributed by atoms with Crippen LogP contribution in [0.25, 0.3) is 16.6 Å². The second-order valence-electron chi connectivity index (χ2n) is 9.82. The average Bonchev–Trinajstić information content (AvgIpc) is 3.27. The zero-order valence-corrected chi connectivity index (χ0v) is 21.3. The van der Waals surface area contributed by atoms with Crippen molar-refractivity contribution in [3.05, 3.63) is 59.9 Å². The van der Waals surface area contributed by atoms with E-state index < -0.39 is 18.0 Å². The van der Waals surface area contributed by atoms with Crippen molar-refractivity contribution in [1.82, 2.24) is 24.9 Å².